The molecule has 1 aliphatic heterocycles. The molecule has 1 aromatic carbocycles. The van der Waals surface area contributed by atoms with Gasteiger partial charge in [0.05, 0.1) is 6.20 Å². The smallest absolute Gasteiger partial charge is 0.226 e. The molecule has 0 atom stereocenters. The summed E-state index contributed by atoms with van der Waals surface area (Å²) in [5, 5.41) is 3.36. The van der Waals surface area contributed by atoms with Crippen LogP contribution in [0.25, 0.3) is 11.0 Å². The van der Waals surface area contributed by atoms with Gasteiger partial charge in [0, 0.05) is 31.9 Å². The summed E-state index contributed by atoms with van der Waals surface area (Å²) < 4.78 is 0. The molecular weight excluding hydrogens is 314 g/mol. The number of anilines is 3. The summed E-state index contributed by atoms with van der Waals surface area (Å²) in [5.41, 5.74) is 3.66. The summed E-state index contributed by atoms with van der Waals surface area (Å²) >= 11 is 0. The molecule has 7 heteroatoms. The van der Waals surface area contributed by atoms with Crippen molar-refractivity contribution in [2.45, 2.75) is 6.92 Å². The Balaban J connectivity index is 1.68. The molecular formula is C18H21N7. The van der Waals surface area contributed by atoms with Crippen LogP contribution in [0.15, 0.2) is 36.8 Å². The lowest BCUT2D eigenvalue weighted by Crippen LogP contribution is -2.45. The van der Waals surface area contributed by atoms with Crippen molar-refractivity contribution in [2.75, 3.05) is 43.4 Å². The minimum atomic E-state index is 0.702. The van der Waals surface area contributed by atoms with Gasteiger partial charge < -0.3 is 15.1 Å². The average molecular weight is 335 g/mol. The second-order valence-corrected chi connectivity index (χ2v) is 6.41. The molecule has 2 aromatic heterocycles. The number of likely N-dealkylation sites (N-methyl/N-ethyl adjacent to an activating group) is 1. The Hall–Kier alpha value is -2.80. The third-order valence-corrected chi connectivity index (χ3v) is 4.43. The van der Waals surface area contributed by atoms with Gasteiger partial charge in [0.1, 0.15) is 17.4 Å². The van der Waals surface area contributed by atoms with Crippen LogP contribution in [-0.4, -0.2) is 58.1 Å². The van der Waals surface area contributed by atoms with Gasteiger partial charge in [-0.3, -0.25) is 0 Å². The van der Waals surface area contributed by atoms with Gasteiger partial charge in [-0.1, -0.05) is 12.1 Å². The van der Waals surface area contributed by atoms with Crippen LogP contribution in [0.1, 0.15) is 5.56 Å². The average Bonchev–Trinajstić information content (AvgIpc) is 2.62. The van der Waals surface area contributed by atoms with Crippen LogP contribution in [0.5, 0.6) is 0 Å². The standard InChI is InChI=1S/C18H21N7/c1-13-4-3-5-14(10-13)22-17-16-15(20-12-21-17)11-19-18(23-16)25-8-6-24(2)7-9-25/h3-5,10-12H,6-9H2,1-2H3,(H,20,21,22). The quantitative estimate of drug-likeness (QED) is 0.787. The summed E-state index contributed by atoms with van der Waals surface area (Å²) in [5.74, 6) is 1.44. The van der Waals surface area contributed by atoms with E-state index in [-0.39, 0.29) is 0 Å². The van der Waals surface area contributed by atoms with E-state index in [1.807, 2.05) is 12.1 Å². The van der Waals surface area contributed by atoms with Gasteiger partial charge in [0.25, 0.3) is 0 Å². The molecule has 0 unspecified atom stereocenters. The van der Waals surface area contributed by atoms with Crippen molar-refractivity contribution in [3.8, 4) is 0 Å². The zero-order valence-corrected chi connectivity index (χ0v) is 14.5. The Morgan fingerprint density at radius 3 is 2.68 bits per heavy atom. The highest BCUT2D eigenvalue weighted by atomic mass is 15.3. The molecule has 0 radical (unpaired) electrons. The number of aromatic nitrogens is 4. The first-order valence-electron chi connectivity index (χ1n) is 8.44. The summed E-state index contributed by atoms with van der Waals surface area (Å²) in [6.45, 7) is 5.95. The van der Waals surface area contributed by atoms with E-state index < -0.39 is 0 Å². The molecule has 0 amide bonds. The molecule has 3 heterocycles. The number of nitrogens with zero attached hydrogens (tertiary/aromatic N) is 6. The van der Waals surface area contributed by atoms with Gasteiger partial charge in [0.2, 0.25) is 5.95 Å². The molecule has 1 fully saturated rings. The van der Waals surface area contributed by atoms with E-state index in [0.29, 0.717) is 5.82 Å². The first-order valence-corrected chi connectivity index (χ1v) is 8.44. The van der Waals surface area contributed by atoms with Crippen LogP contribution < -0.4 is 10.2 Å². The molecule has 0 bridgehead atoms. The fourth-order valence-corrected chi connectivity index (χ4v) is 2.95. The number of fused-ring (bicyclic) bond motifs is 1. The van der Waals surface area contributed by atoms with E-state index in [4.69, 9.17) is 4.98 Å². The molecule has 128 valence electrons. The highest BCUT2D eigenvalue weighted by Crippen LogP contribution is 2.23. The Morgan fingerprint density at radius 2 is 1.88 bits per heavy atom. The number of benzene rings is 1. The van der Waals surface area contributed by atoms with Crippen molar-refractivity contribution in [1.29, 1.82) is 0 Å². The summed E-state index contributed by atoms with van der Waals surface area (Å²) in [7, 11) is 2.14. The van der Waals surface area contributed by atoms with Crippen molar-refractivity contribution in [3.05, 3.63) is 42.4 Å². The number of hydrogen-bond donors (Lipinski definition) is 1. The van der Waals surface area contributed by atoms with Gasteiger partial charge in [0.15, 0.2) is 5.82 Å². The van der Waals surface area contributed by atoms with Crippen molar-refractivity contribution in [1.82, 2.24) is 24.8 Å². The van der Waals surface area contributed by atoms with Crippen LogP contribution in [0.3, 0.4) is 0 Å². The Kier molecular flexibility index (Phi) is 4.15. The summed E-state index contributed by atoms with van der Waals surface area (Å²) in [6.07, 6.45) is 3.32. The summed E-state index contributed by atoms with van der Waals surface area (Å²) in [4.78, 5) is 22.5. The third kappa shape index (κ3) is 3.36. The minimum absolute atomic E-state index is 0.702. The third-order valence-electron chi connectivity index (χ3n) is 4.43. The van der Waals surface area contributed by atoms with Crippen LogP contribution in [-0.2, 0) is 0 Å². The van der Waals surface area contributed by atoms with Gasteiger partial charge in [-0.25, -0.2) is 19.9 Å². The zero-order chi connectivity index (χ0) is 17.2. The van der Waals surface area contributed by atoms with Crippen LogP contribution in [0.4, 0.5) is 17.5 Å². The number of aryl methyl sites for hydroxylation is 1. The van der Waals surface area contributed by atoms with Crippen LogP contribution in [0.2, 0.25) is 0 Å². The SMILES string of the molecule is Cc1cccc(Nc2ncnc3cnc(N4CCN(C)CC4)nc23)c1. The molecule has 1 N–H and O–H groups in total. The van der Waals surface area contributed by atoms with E-state index in [2.05, 4.69) is 56.2 Å². The topological polar surface area (TPSA) is 70.1 Å². The maximum atomic E-state index is 4.75. The number of rotatable bonds is 3. The van der Waals surface area contributed by atoms with Gasteiger partial charge in [-0.05, 0) is 31.7 Å². The fourth-order valence-electron chi connectivity index (χ4n) is 2.95. The van der Waals surface area contributed by atoms with Crippen molar-refractivity contribution in [3.63, 3.8) is 0 Å². The van der Waals surface area contributed by atoms with Gasteiger partial charge in [-0.15, -0.1) is 0 Å². The molecule has 0 aliphatic carbocycles. The van der Waals surface area contributed by atoms with E-state index in [1.54, 1.807) is 12.5 Å². The van der Waals surface area contributed by atoms with Crippen molar-refractivity contribution in [2.24, 2.45) is 0 Å². The Bertz CT molecular complexity index is 887. The van der Waals surface area contributed by atoms with Crippen LogP contribution >= 0.6 is 0 Å². The summed E-state index contributed by atoms with van der Waals surface area (Å²) in [6, 6.07) is 8.18. The van der Waals surface area contributed by atoms with E-state index >= 15 is 0 Å². The number of nitrogens with one attached hydrogen (secondary N) is 1. The van der Waals surface area contributed by atoms with E-state index in [0.717, 1.165) is 48.8 Å². The molecule has 25 heavy (non-hydrogen) atoms. The predicted molar refractivity (Wildman–Crippen MR) is 99.3 cm³/mol. The zero-order valence-electron chi connectivity index (χ0n) is 14.5. The molecule has 3 aromatic rings. The molecule has 1 saturated heterocycles. The first kappa shape index (κ1) is 15.7. The number of hydrogen-bond acceptors (Lipinski definition) is 7. The minimum Gasteiger partial charge on any atom is -0.338 e. The molecule has 0 spiro atoms. The van der Waals surface area contributed by atoms with Crippen molar-refractivity contribution >= 4 is 28.5 Å². The normalized spacial score (nSPS) is 15.5. The molecule has 1 aliphatic rings. The highest BCUT2D eigenvalue weighted by Gasteiger charge is 2.17. The molecule has 0 saturated carbocycles. The van der Waals surface area contributed by atoms with E-state index in [9.17, 15) is 0 Å². The fraction of sp³-hybridized carbons (Fsp3) is 0.333. The van der Waals surface area contributed by atoms with E-state index in [1.165, 1.54) is 5.56 Å². The maximum absolute atomic E-state index is 4.75. The second kappa shape index (κ2) is 6.60. The van der Waals surface area contributed by atoms with Gasteiger partial charge in [-0.2, -0.15) is 0 Å². The first-order chi connectivity index (χ1) is 12.2. The lowest BCUT2D eigenvalue weighted by atomic mass is 10.2. The van der Waals surface area contributed by atoms with Crippen LogP contribution in [0, 0.1) is 6.92 Å². The predicted octanol–water partition coefficient (Wildman–Crippen LogP) is 2.22. The molecule has 4 rings (SSSR count). The van der Waals surface area contributed by atoms with Gasteiger partial charge >= 0.3 is 0 Å². The largest absolute Gasteiger partial charge is 0.338 e. The Labute approximate surface area is 146 Å². The Morgan fingerprint density at radius 1 is 1.04 bits per heavy atom. The lowest BCUT2D eigenvalue weighted by molar-refractivity contribution is 0.311. The monoisotopic (exact) mass is 335 g/mol. The molecule has 7 nitrogen and oxygen atoms in total. The number of piperazine rings is 1. The second-order valence-electron chi connectivity index (χ2n) is 6.41. The lowest BCUT2D eigenvalue weighted by Gasteiger charge is -2.32. The van der Waals surface area contributed by atoms with Crippen molar-refractivity contribution < 1.29 is 0 Å². The maximum Gasteiger partial charge on any atom is 0.226 e. The highest BCUT2D eigenvalue weighted by molar-refractivity contribution is 5.87.